The summed E-state index contributed by atoms with van der Waals surface area (Å²) in [5.74, 6) is -0.266. The molecule has 1 amide bonds. The van der Waals surface area contributed by atoms with Crippen molar-refractivity contribution in [3.05, 3.63) is 95.6 Å². The standard InChI is InChI=1S/C26H28N2O3S/c1-19-5-16-24(17-6-19)32(30,31)28-23-14-12-22(13-15-23)27-25(29)18-9-20-7-10-21(11-8-20)26(2,3)4/h5-18,28H,1-4H3,(H,27,29)/b18-9+. The summed E-state index contributed by atoms with van der Waals surface area (Å²) in [4.78, 5) is 12.4. The van der Waals surface area contributed by atoms with E-state index in [4.69, 9.17) is 0 Å². The maximum Gasteiger partial charge on any atom is 0.261 e. The van der Waals surface area contributed by atoms with Gasteiger partial charge in [0.15, 0.2) is 0 Å². The Bertz CT molecular complexity index is 1200. The zero-order valence-corrected chi connectivity index (χ0v) is 19.5. The maximum absolute atomic E-state index is 12.5. The number of rotatable bonds is 6. The monoisotopic (exact) mass is 448 g/mol. The first-order valence-corrected chi connectivity index (χ1v) is 11.8. The Morgan fingerprint density at radius 2 is 1.38 bits per heavy atom. The lowest BCUT2D eigenvalue weighted by molar-refractivity contribution is -0.111. The third-order valence-electron chi connectivity index (χ3n) is 4.94. The molecule has 2 N–H and O–H groups in total. The van der Waals surface area contributed by atoms with Crippen molar-refractivity contribution < 1.29 is 13.2 Å². The van der Waals surface area contributed by atoms with Crippen LogP contribution in [0.1, 0.15) is 37.5 Å². The highest BCUT2D eigenvalue weighted by Gasteiger charge is 2.14. The van der Waals surface area contributed by atoms with E-state index < -0.39 is 10.0 Å². The van der Waals surface area contributed by atoms with Crippen LogP contribution in [0.2, 0.25) is 0 Å². The summed E-state index contributed by atoms with van der Waals surface area (Å²) in [5, 5.41) is 2.77. The van der Waals surface area contributed by atoms with E-state index in [0.29, 0.717) is 11.4 Å². The van der Waals surface area contributed by atoms with E-state index >= 15 is 0 Å². The van der Waals surface area contributed by atoms with Crippen LogP contribution in [0.4, 0.5) is 11.4 Å². The molecule has 0 saturated heterocycles. The molecule has 5 nitrogen and oxygen atoms in total. The first-order chi connectivity index (χ1) is 15.0. The minimum Gasteiger partial charge on any atom is -0.323 e. The minimum absolute atomic E-state index is 0.0834. The van der Waals surface area contributed by atoms with Gasteiger partial charge in [0.25, 0.3) is 10.0 Å². The van der Waals surface area contributed by atoms with Gasteiger partial charge in [-0.2, -0.15) is 0 Å². The van der Waals surface area contributed by atoms with E-state index in [0.717, 1.165) is 11.1 Å². The summed E-state index contributed by atoms with van der Waals surface area (Å²) in [6.07, 6.45) is 3.23. The third-order valence-corrected chi connectivity index (χ3v) is 6.34. The molecule has 32 heavy (non-hydrogen) atoms. The van der Waals surface area contributed by atoms with Crippen molar-refractivity contribution in [2.45, 2.75) is 38.0 Å². The molecule has 0 aliphatic carbocycles. The van der Waals surface area contributed by atoms with Crippen molar-refractivity contribution in [3.63, 3.8) is 0 Å². The number of benzene rings is 3. The van der Waals surface area contributed by atoms with Crippen LogP contribution in [0.5, 0.6) is 0 Å². The predicted molar refractivity (Wildman–Crippen MR) is 131 cm³/mol. The van der Waals surface area contributed by atoms with Crippen molar-refractivity contribution in [2.75, 3.05) is 10.0 Å². The molecule has 166 valence electrons. The Hall–Kier alpha value is -3.38. The first kappa shape index (κ1) is 23.3. The van der Waals surface area contributed by atoms with E-state index in [1.807, 2.05) is 19.1 Å². The Labute approximate surface area is 190 Å². The summed E-state index contributed by atoms with van der Waals surface area (Å²) in [6.45, 7) is 8.37. The van der Waals surface area contributed by atoms with Crippen LogP contribution in [0, 0.1) is 6.92 Å². The van der Waals surface area contributed by atoms with Gasteiger partial charge in [-0.3, -0.25) is 9.52 Å². The van der Waals surface area contributed by atoms with Gasteiger partial charge in [-0.15, -0.1) is 0 Å². The number of hydrogen-bond donors (Lipinski definition) is 2. The highest BCUT2D eigenvalue weighted by molar-refractivity contribution is 7.92. The molecule has 0 aromatic heterocycles. The Morgan fingerprint density at radius 3 is 1.94 bits per heavy atom. The molecular weight excluding hydrogens is 420 g/mol. The van der Waals surface area contributed by atoms with Crippen molar-refractivity contribution in [1.29, 1.82) is 0 Å². The summed E-state index contributed by atoms with van der Waals surface area (Å²) >= 11 is 0. The minimum atomic E-state index is -3.67. The van der Waals surface area contributed by atoms with Crippen LogP contribution in [-0.4, -0.2) is 14.3 Å². The van der Waals surface area contributed by atoms with E-state index in [1.54, 1.807) is 54.6 Å². The van der Waals surface area contributed by atoms with Gasteiger partial charge in [-0.25, -0.2) is 8.42 Å². The average molecular weight is 449 g/mol. The summed E-state index contributed by atoms with van der Waals surface area (Å²) < 4.78 is 27.5. The second-order valence-corrected chi connectivity index (χ2v) is 10.4. The van der Waals surface area contributed by atoms with Gasteiger partial charge in [0.1, 0.15) is 0 Å². The van der Waals surface area contributed by atoms with Crippen LogP contribution in [0.3, 0.4) is 0 Å². The number of carbonyl (C=O) groups excluding carboxylic acids is 1. The number of aryl methyl sites for hydroxylation is 1. The fraction of sp³-hybridized carbons (Fsp3) is 0.192. The highest BCUT2D eigenvalue weighted by atomic mass is 32.2. The first-order valence-electron chi connectivity index (χ1n) is 10.3. The van der Waals surface area contributed by atoms with Crippen molar-refractivity contribution >= 4 is 33.4 Å². The van der Waals surface area contributed by atoms with Gasteiger partial charge in [0.2, 0.25) is 5.91 Å². The maximum atomic E-state index is 12.5. The largest absolute Gasteiger partial charge is 0.323 e. The molecule has 0 bridgehead atoms. The molecule has 0 aliphatic heterocycles. The molecule has 0 spiro atoms. The summed E-state index contributed by atoms with van der Waals surface area (Å²) in [6, 6.07) is 21.2. The number of anilines is 2. The molecule has 0 aliphatic rings. The Morgan fingerprint density at radius 1 is 0.812 bits per heavy atom. The Balaban J connectivity index is 1.59. The van der Waals surface area contributed by atoms with Gasteiger partial charge in [0.05, 0.1) is 4.90 Å². The molecule has 0 heterocycles. The number of carbonyl (C=O) groups is 1. The van der Waals surface area contributed by atoms with E-state index in [2.05, 4.69) is 42.9 Å². The second kappa shape index (κ2) is 9.40. The van der Waals surface area contributed by atoms with Gasteiger partial charge in [0, 0.05) is 17.5 Å². The van der Waals surface area contributed by atoms with Crippen molar-refractivity contribution in [2.24, 2.45) is 0 Å². The number of nitrogens with one attached hydrogen (secondary N) is 2. The molecule has 0 fully saturated rings. The molecule has 3 aromatic rings. The lowest BCUT2D eigenvalue weighted by Gasteiger charge is -2.18. The van der Waals surface area contributed by atoms with Crippen LogP contribution in [-0.2, 0) is 20.2 Å². The molecule has 3 aromatic carbocycles. The number of sulfonamides is 1. The molecule has 0 radical (unpaired) electrons. The number of amides is 1. The second-order valence-electron chi connectivity index (χ2n) is 8.69. The Kier molecular flexibility index (Phi) is 6.84. The molecule has 3 rings (SSSR count). The zero-order chi connectivity index (χ0) is 23.4. The SMILES string of the molecule is Cc1ccc(S(=O)(=O)Nc2ccc(NC(=O)/C=C/c3ccc(C(C)(C)C)cc3)cc2)cc1. The van der Waals surface area contributed by atoms with Crippen LogP contribution >= 0.6 is 0 Å². The number of hydrogen-bond acceptors (Lipinski definition) is 3. The van der Waals surface area contributed by atoms with Crippen molar-refractivity contribution in [1.82, 2.24) is 0 Å². The fourth-order valence-corrected chi connectivity index (χ4v) is 4.06. The molecule has 0 saturated carbocycles. The van der Waals surface area contributed by atoms with Gasteiger partial charge in [-0.1, -0.05) is 62.7 Å². The van der Waals surface area contributed by atoms with Crippen LogP contribution in [0.15, 0.2) is 83.8 Å². The van der Waals surface area contributed by atoms with E-state index in [-0.39, 0.29) is 16.2 Å². The summed E-state index contributed by atoms with van der Waals surface area (Å²) in [7, 11) is -3.67. The van der Waals surface area contributed by atoms with Gasteiger partial charge in [-0.05, 0) is 65.9 Å². The highest BCUT2D eigenvalue weighted by Crippen LogP contribution is 2.22. The van der Waals surface area contributed by atoms with E-state index in [1.165, 1.54) is 11.6 Å². The van der Waals surface area contributed by atoms with Gasteiger partial charge >= 0.3 is 0 Å². The molecule has 0 unspecified atom stereocenters. The third kappa shape index (κ3) is 6.31. The lowest BCUT2D eigenvalue weighted by atomic mass is 9.87. The normalized spacial score (nSPS) is 12.0. The quantitative estimate of drug-likeness (QED) is 0.472. The van der Waals surface area contributed by atoms with Crippen LogP contribution < -0.4 is 10.0 Å². The molecule has 0 atom stereocenters. The van der Waals surface area contributed by atoms with Crippen molar-refractivity contribution in [3.8, 4) is 0 Å². The van der Waals surface area contributed by atoms with Gasteiger partial charge < -0.3 is 5.32 Å². The fourth-order valence-electron chi connectivity index (χ4n) is 3.00. The topological polar surface area (TPSA) is 75.3 Å². The average Bonchev–Trinajstić information content (AvgIpc) is 2.73. The lowest BCUT2D eigenvalue weighted by Crippen LogP contribution is -2.13. The zero-order valence-electron chi connectivity index (χ0n) is 18.7. The predicted octanol–water partition coefficient (Wildman–Crippen LogP) is 5.75. The molecular formula is C26H28N2O3S. The smallest absolute Gasteiger partial charge is 0.261 e. The van der Waals surface area contributed by atoms with Crippen LogP contribution in [0.25, 0.3) is 6.08 Å². The summed E-state index contributed by atoms with van der Waals surface area (Å²) in [5.41, 5.74) is 4.23. The van der Waals surface area contributed by atoms with E-state index in [9.17, 15) is 13.2 Å². The molecule has 6 heteroatoms.